The molecule has 0 aliphatic carbocycles. The first-order valence-electron chi connectivity index (χ1n) is 6.58. The number of nitrogens with one attached hydrogen (secondary N) is 1. The molecule has 2 aromatic carbocycles. The second-order valence-electron chi connectivity index (χ2n) is 5.54. The maximum Gasteiger partial charge on any atom is 0.196 e. The van der Waals surface area contributed by atoms with Gasteiger partial charge in [0.25, 0.3) is 0 Å². The maximum atomic E-state index is 13.8. The van der Waals surface area contributed by atoms with E-state index in [1.54, 1.807) is 0 Å². The van der Waals surface area contributed by atoms with E-state index in [-0.39, 0.29) is 11.7 Å². The number of benzene rings is 2. The highest BCUT2D eigenvalue weighted by molar-refractivity contribution is 5.52. The van der Waals surface area contributed by atoms with Crippen LogP contribution in [0.4, 0.5) is 18.9 Å². The van der Waals surface area contributed by atoms with Crippen LogP contribution in [0.5, 0.6) is 5.75 Å². The van der Waals surface area contributed by atoms with Crippen molar-refractivity contribution in [2.75, 3.05) is 5.32 Å². The summed E-state index contributed by atoms with van der Waals surface area (Å²) in [7, 11) is 0. The normalized spacial score (nSPS) is 19.0. The lowest BCUT2D eigenvalue weighted by molar-refractivity contribution is 0.118. The molecule has 1 N–H and O–H groups in total. The first-order chi connectivity index (χ1) is 9.90. The van der Waals surface area contributed by atoms with Gasteiger partial charge in [-0.15, -0.1) is 0 Å². The Balaban J connectivity index is 2.00. The highest BCUT2D eigenvalue weighted by atomic mass is 19.2. The number of rotatable bonds is 2. The Hall–Kier alpha value is -2.17. The number of hydrogen-bond donors (Lipinski definition) is 1. The molecule has 1 aliphatic rings. The molecule has 1 unspecified atom stereocenters. The average Bonchev–Trinajstić information content (AvgIpc) is 2.70. The molecule has 0 saturated heterocycles. The molecule has 3 rings (SSSR count). The largest absolute Gasteiger partial charge is 0.485 e. The van der Waals surface area contributed by atoms with Crippen molar-refractivity contribution in [3.05, 3.63) is 59.4 Å². The van der Waals surface area contributed by atoms with Crippen molar-refractivity contribution in [3.8, 4) is 5.75 Å². The lowest BCUT2D eigenvalue weighted by Crippen LogP contribution is -2.35. The molecule has 0 saturated carbocycles. The van der Waals surface area contributed by atoms with E-state index in [0.717, 1.165) is 11.6 Å². The van der Waals surface area contributed by atoms with Crippen LogP contribution in [0.2, 0.25) is 0 Å². The summed E-state index contributed by atoms with van der Waals surface area (Å²) in [6.45, 7) is 3.70. The van der Waals surface area contributed by atoms with Crippen LogP contribution in [0.1, 0.15) is 25.5 Å². The van der Waals surface area contributed by atoms with Gasteiger partial charge < -0.3 is 10.1 Å². The van der Waals surface area contributed by atoms with Gasteiger partial charge in [-0.3, -0.25) is 0 Å². The summed E-state index contributed by atoms with van der Waals surface area (Å²) in [5.41, 5.74) is 0.125. The lowest BCUT2D eigenvalue weighted by Gasteiger charge is -2.28. The van der Waals surface area contributed by atoms with Crippen LogP contribution >= 0.6 is 0 Å². The van der Waals surface area contributed by atoms with Crippen molar-refractivity contribution in [1.29, 1.82) is 0 Å². The van der Waals surface area contributed by atoms with Gasteiger partial charge in [-0.2, -0.15) is 0 Å². The predicted molar refractivity (Wildman–Crippen MR) is 73.8 cm³/mol. The number of ether oxygens (including phenoxy) is 1. The highest BCUT2D eigenvalue weighted by Gasteiger charge is 2.41. The van der Waals surface area contributed by atoms with Gasteiger partial charge in [-0.05, 0) is 32.0 Å². The smallest absolute Gasteiger partial charge is 0.196 e. The molecule has 110 valence electrons. The van der Waals surface area contributed by atoms with Gasteiger partial charge in [0, 0.05) is 5.56 Å². The van der Waals surface area contributed by atoms with Gasteiger partial charge in [0.2, 0.25) is 0 Å². The molecule has 0 spiro atoms. The summed E-state index contributed by atoms with van der Waals surface area (Å²) in [5.74, 6) is -3.22. The summed E-state index contributed by atoms with van der Waals surface area (Å²) in [4.78, 5) is 0. The number of anilines is 1. The average molecular weight is 293 g/mol. The Morgan fingerprint density at radius 1 is 1.00 bits per heavy atom. The number of halogens is 3. The lowest BCUT2D eigenvalue weighted by atomic mass is 9.94. The molecule has 0 bridgehead atoms. The third kappa shape index (κ3) is 2.22. The first-order valence-corrected chi connectivity index (χ1v) is 6.58. The second-order valence-corrected chi connectivity index (χ2v) is 5.54. The van der Waals surface area contributed by atoms with Crippen molar-refractivity contribution < 1.29 is 17.9 Å². The van der Waals surface area contributed by atoms with E-state index in [9.17, 15) is 13.2 Å². The van der Waals surface area contributed by atoms with Crippen molar-refractivity contribution in [3.63, 3.8) is 0 Å². The third-order valence-electron chi connectivity index (χ3n) is 3.63. The molecule has 0 amide bonds. The summed E-state index contributed by atoms with van der Waals surface area (Å²) >= 11 is 0. The summed E-state index contributed by atoms with van der Waals surface area (Å²) < 4.78 is 46.0. The van der Waals surface area contributed by atoms with E-state index in [4.69, 9.17) is 4.74 Å². The van der Waals surface area contributed by atoms with Crippen LogP contribution in [-0.4, -0.2) is 5.60 Å². The molecule has 1 heterocycles. The van der Waals surface area contributed by atoms with Gasteiger partial charge in [0.1, 0.15) is 11.4 Å². The van der Waals surface area contributed by atoms with Crippen LogP contribution in [0, 0.1) is 17.5 Å². The molecule has 0 aromatic heterocycles. The van der Waals surface area contributed by atoms with Crippen LogP contribution in [-0.2, 0) is 0 Å². The monoisotopic (exact) mass is 293 g/mol. The topological polar surface area (TPSA) is 21.3 Å². The molecule has 21 heavy (non-hydrogen) atoms. The van der Waals surface area contributed by atoms with E-state index in [0.29, 0.717) is 5.75 Å². The van der Waals surface area contributed by atoms with E-state index < -0.39 is 23.1 Å². The molecule has 0 radical (unpaired) electrons. The van der Waals surface area contributed by atoms with Crippen LogP contribution in [0.25, 0.3) is 0 Å². The molecule has 2 aromatic rings. The van der Waals surface area contributed by atoms with Crippen LogP contribution < -0.4 is 10.1 Å². The molecule has 1 atom stereocenters. The minimum absolute atomic E-state index is 0.0905. The number of para-hydroxylation sites is 1. The SMILES string of the molecule is CC1(C)Oc2ccccc2C1Nc1ccc(F)c(F)c1F. The minimum atomic E-state index is -1.48. The Labute approximate surface area is 120 Å². The van der Waals surface area contributed by atoms with E-state index >= 15 is 0 Å². The van der Waals surface area contributed by atoms with Gasteiger partial charge in [0.05, 0.1) is 11.7 Å². The van der Waals surface area contributed by atoms with Gasteiger partial charge in [-0.1, -0.05) is 18.2 Å². The zero-order valence-corrected chi connectivity index (χ0v) is 11.6. The fourth-order valence-corrected chi connectivity index (χ4v) is 2.57. The van der Waals surface area contributed by atoms with Gasteiger partial charge in [0.15, 0.2) is 17.5 Å². The standard InChI is InChI=1S/C16H14F3NO/c1-16(2)15(9-5-3-4-6-12(9)21-16)20-11-8-7-10(17)13(18)14(11)19/h3-8,15,20H,1-2H3. The Morgan fingerprint density at radius 2 is 1.71 bits per heavy atom. The summed E-state index contributed by atoms with van der Waals surface area (Å²) in [6, 6.07) is 9.09. The zero-order chi connectivity index (χ0) is 15.2. The van der Waals surface area contributed by atoms with Gasteiger partial charge >= 0.3 is 0 Å². The Kier molecular flexibility index (Phi) is 3.08. The van der Waals surface area contributed by atoms with Crippen LogP contribution in [0.3, 0.4) is 0 Å². The Morgan fingerprint density at radius 3 is 2.48 bits per heavy atom. The maximum absolute atomic E-state index is 13.8. The van der Waals surface area contributed by atoms with Crippen molar-refractivity contribution in [2.24, 2.45) is 0 Å². The fourth-order valence-electron chi connectivity index (χ4n) is 2.57. The van der Waals surface area contributed by atoms with Crippen LogP contribution in [0.15, 0.2) is 36.4 Å². The van der Waals surface area contributed by atoms with Crippen molar-refractivity contribution in [2.45, 2.75) is 25.5 Å². The fraction of sp³-hybridized carbons (Fsp3) is 0.250. The summed E-state index contributed by atoms with van der Waals surface area (Å²) in [6.07, 6.45) is 0. The molecular formula is C16H14F3NO. The molecule has 1 aliphatic heterocycles. The number of hydrogen-bond acceptors (Lipinski definition) is 2. The molecule has 0 fully saturated rings. The third-order valence-corrected chi connectivity index (χ3v) is 3.63. The van der Waals surface area contributed by atoms with E-state index in [1.165, 1.54) is 6.07 Å². The highest BCUT2D eigenvalue weighted by Crippen LogP contribution is 2.44. The van der Waals surface area contributed by atoms with E-state index in [1.807, 2.05) is 38.1 Å². The Bertz CT molecular complexity index is 700. The first kappa shape index (κ1) is 13.8. The predicted octanol–water partition coefficient (Wildman–Crippen LogP) is 4.43. The second kappa shape index (κ2) is 4.69. The van der Waals surface area contributed by atoms with E-state index in [2.05, 4.69) is 5.32 Å². The summed E-state index contributed by atoms with van der Waals surface area (Å²) in [5, 5.41) is 2.92. The molecular weight excluding hydrogens is 279 g/mol. The quantitative estimate of drug-likeness (QED) is 0.827. The van der Waals surface area contributed by atoms with Crippen molar-refractivity contribution >= 4 is 5.69 Å². The molecule has 5 heteroatoms. The van der Waals surface area contributed by atoms with Gasteiger partial charge in [-0.25, -0.2) is 13.2 Å². The molecule has 2 nitrogen and oxygen atoms in total. The minimum Gasteiger partial charge on any atom is -0.485 e. The number of fused-ring (bicyclic) bond motifs is 1. The zero-order valence-electron chi connectivity index (χ0n) is 11.6. The van der Waals surface area contributed by atoms with Crippen molar-refractivity contribution in [1.82, 2.24) is 0 Å².